The van der Waals surface area contributed by atoms with Gasteiger partial charge in [0.05, 0.1) is 39.9 Å². The number of quaternary nitrogens is 1. The first-order valence-electron chi connectivity index (χ1n) is 35.7. The van der Waals surface area contributed by atoms with E-state index in [0.29, 0.717) is 23.9 Å². The highest BCUT2D eigenvalue weighted by Gasteiger charge is 2.28. The molecule has 0 saturated carbocycles. The molecule has 3 N–H and O–H groups in total. The molecule has 0 aromatic carbocycles. The summed E-state index contributed by atoms with van der Waals surface area (Å²) in [5.41, 5.74) is 0. The molecule has 0 aromatic rings. The van der Waals surface area contributed by atoms with E-state index in [1.54, 1.807) is 0 Å². The number of aliphatic hydroxyl groups excluding tert-OH is 1. The Hall–Kier alpha value is -1.80. The van der Waals surface area contributed by atoms with Gasteiger partial charge in [0.2, 0.25) is 5.91 Å². The lowest BCUT2D eigenvalue weighted by atomic mass is 10.0. The van der Waals surface area contributed by atoms with Crippen LogP contribution in [0.3, 0.4) is 0 Å². The number of unbranched alkanes of at least 4 members (excludes halogenated alkanes) is 43. The number of nitrogens with one attached hydrogen (secondary N) is 1. The van der Waals surface area contributed by atoms with Crippen LogP contribution in [-0.4, -0.2) is 73.4 Å². The second kappa shape index (κ2) is 63.7. The summed E-state index contributed by atoms with van der Waals surface area (Å²) in [6, 6.07) is -0.767. The Labute approximate surface area is 511 Å². The van der Waals surface area contributed by atoms with Crippen LogP contribution in [0.5, 0.6) is 0 Å². The first-order chi connectivity index (χ1) is 40.0. The smallest absolute Gasteiger partial charge is 0.391 e. The van der Waals surface area contributed by atoms with Crippen LogP contribution in [0, 0.1) is 0 Å². The molecule has 0 heterocycles. The summed E-state index contributed by atoms with van der Waals surface area (Å²) in [6.07, 6.45) is 87.6. The molecule has 0 spiro atoms. The van der Waals surface area contributed by atoms with Gasteiger partial charge in [-0.2, -0.15) is 0 Å². The minimum atomic E-state index is -4.33. The van der Waals surface area contributed by atoms with Gasteiger partial charge in [0.25, 0.3) is 0 Å². The number of carbonyl (C=O) groups excluding carboxylic acids is 1. The third kappa shape index (κ3) is 65.7. The maximum absolute atomic E-state index is 13.1. The summed E-state index contributed by atoms with van der Waals surface area (Å²) in [5.74, 6) is -0.145. The molecular formula is C73H140N2O6P+. The molecular weight excluding hydrogens is 1030 g/mol. The standard InChI is InChI=1S/C73H139N2O6P/c1-6-8-10-12-14-16-18-20-22-24-26-28-30-32-34-35-36-37-38-39-41-42-44-46-48-50-52-54-56-58-60-62-64-66-72(76)71(70-81-82(78,79)80-69-68-75(3,4)5)74-73(77)67-65-63-61-59-57-55-53-51-49-47-45-43-40-33-31-29-27-25-23-21-19-17-15-13-11-9-7-2/h9,11,15,17,21,23,27,29,33,40,71-72,76H,6-8,10,12-14,16,18-20,22,24-26,28,30-32,34-39,41-70H2,1-5H3,(H-,74,77,78,79)/p+1/b11-9-,17-15-,23-21-,29-27-,40-33-. The number of rotatable bonds is 66. The number of nitrogens with zero attached hydrogens (tertiary/aromatic N) is 1. The average Bonchev–Trinajstić information content (AvgIpc) is 3.45. The van der Waals surface area contributed by atoms with Gasteiger partial charge < -0.3 is 19.8 Å². The number of amides is 1. The van der Waals surface area contributed by atoms with Gasteiger partial charge in [0.1, 0.15) is 13.2 Å². The van der Waals surface area contributed by atoms with Crippen LogP contribution in [0.1, 0.15) is 348 Å². The van der Waals surface area contributed by atoms with Crippen LogP contribution in [0.25, 0.3) is 0 Å². The van der Waals surface area contributed by atoms with Crippen molar-refractivity contribution >= 4 is 13.7 Å². The maximum atomic E-state index is 13.1. The zero-order chi connectivity index (χ0) is 59.8. The number of phosphoric acid groups is 1. The summed E-state index contributed by atoms with van der Waals surface area (Å²) in [6.45, 7) is 4.82. The predicted octanol–water partition coefficient (Wildman–Crippen LogP) is 22.8. The molecule has 0 aromatic heterocycles. The van der Waals surface area contributed by atoms with E-state index in [4.69, 9.17) is 9.05 Å². The third-order valence-electron chi connectivity index (χ3n) is 16.3. The zero-order valence-electron chi connectivity index (χ0n) is 55.2. The largest absolute Gasteiger partial charge is 0.472 e. The molecule has 0 radical (unpaired) electrons. The van der Waals surface area contributed by atoms with Crippen LogP contribution < -0.4 is 5.32 Å². The van der Waals surface area contributed by atoms with Crippen molar-refractivity contribution < 1.29 is 32.9 Å². The van der Waals surface area contributed by atoms with Crippen molar-refractivity contribution in [1.29, 1.82) is 0 Å². The zero-order valence-corrected chi connectivity index (χ0v) is 56.1. The third-order valence-corrected chi connectivity index (χ3v) is 17.3. The van der Waals surface area contributed by atoms with Gasteiger partial charge in [-0.25, -0.2) is 4.57 Å². The maximum Gasteiger partial charge on any atom is 0.472 e. The highest BCUT2D eigenvalue weighted by atomic mass is 31.2. The first-order valence-corrected chi connectivity index (χ1v) is 37.1. The van der Waals surface area contributed by atoms with Gasteiger partial charge in [-0.3, -0.25) is 13.8 Å². The molecule has 1 amide bonds. The van der Waals surface area contributed by atoms with Gasteiger partial charge in [0.15, 0.2) is 0 Å². The number of hydrogen-bond donors (Lipinski definition) is 3. The predicted molar refractivity (Wildman–Crippen MR) is 360 cm³/mol. The first kappa shape index (κ1) is 80.2. The van der Waals surface area contributed by atoms with E-state index in [2.05, 4.69) is 79.9 Å². The molecule has 3 atom stereocenters. The molecule has 0 aliphatic carbocycles. The van der Waals surface area contributed by atoms with Gasteiger partial charge in [-0.05, 0) is 57.8 Å². The second-order valence-corrected chi connectivity index (χ2v) is 27.0. The van der Waals surface area contributed by atoms with Crippen molar-refractivity contribution in [3.8, 4) is 0 Å². The Balaban J connectivity index is 4.01. The van der Waals surface area contributed by atoms with E-state index in [1.807, 2.05) is 21.1 Å². The van der Waals surface area contributed by atoms with E-state index in [-0.39, 0.29) is 19.1 Å². The average molecular weight is 1170 g/mol. The number of carbonyl (C=O) groups is 1. The van der Waals surface area contributed by atoms with Crippen LogP contribution in [0.15, 0.2) is 60.8 Å². The SMILES string of the molecule is CC/C=C\C/C=C\C/C=C\C/C=C\C/C=C\CCCCCCCCCCCCCC(=O)NC(COP(=O)(O)OCC[N+](C)(C)C)C(O)CCCCCCCCCCCCCCCCCCCCCCCCCCCCCCCCCCC. The Bertz CT molecular complexity index is 1520. The summed E-state index contributed by atoms with van der Waals surface area (Å²) in [7, 11) is 1.62. The van der Waals surface area contributed by atoms with Crippen molar-refractivity contribution in [3.05, 3.63) is 60.8 Å². The summed E-state index contributed by atoms with van der Waals surface area (Å²) < 4.78 is 23.9. The van der Waals surface area contributed by atoms with E-state index < -0.39 is 20.0 Å². The fourth-order valence-corrected chi connectivity index (χ4v) is 11.5. The molecule has 9 heteroatoms. The van der Waals surface area contributed by atoms with Crippen LogP contribution in [0.2, 0.25) is 0 Å². The van der Waals surface area contributed by atoms with E-state index in [1.165, 1.54) is 250 Å². The van der Waals surface area contributed by atoms with Crippen LogP contribution >= 0.6 is 7.82 Å². The van der Waals surface area contributed by atoms with Crippen molar-refractivity contribution in [2.75, 3.05) is 40.9 Å². The Morgan fingerprint density at radius 1 is 0.427 bits per heavy atom. The molecule has 3 unspecified atom stereocenters. The Morgan fingerprint density at radius 3 is 1.07 bits per heavy atom. The molecule has 0 aliphatic rings. The van der Waals surface area contributed by atoms with Gasteiger partial charge in [-0.1, -0.05) is 344 Å². The lowest BCUT2D eigenvalue weighted by molar-refractivity contribution is -0.870. The molecule has 0 fully saturated rings. The number of hydrogen-bond acceptors (Lipinski definition) is 5. The minimum Gasteiger partial charge on any atom is -0.391 e. The molecule has 0 rings (SSSR count). The lowest BCUT2D eigenvalue weighted by Crippen LogP contribution is -2.46. The van der Waals surface area contributed by atoms with Crippen molar-refractivity contribution in [2.45, 2.75) is 360 Å². The van der Waals surface area contributed by atoms with Crippen molar-refractivity contribution in [2.24, 2.45) is 0 Å². The topological polar surface area (TPSA) is 105 Å². The Kier molecular flexibility index (Phi) is 62.3. The minimum absolute atomic E-state index is 0.0730. The van der Waals surface area contributed by atoms with Crippen molar-refractivity contribution in [1.82, 2.24) is 5.32 Å². The second-order valence-electron chi connectivity index (χ2n) is 25.6. The molecule has 8 nitrogen and oxygen atoms in total. The molecule has 482 valence electrons. The molecule has 0 bridgehead atoms. The fraction of sp³-hybridized carbons (Fsp3) is 0.849. The number of phosphoric ester groups is 1. The summed E-state index contributed by atoms with van der Waals surface area (Å²) in [5, 5.41) is 14.2. The summed E-state index contributed by atoms with van der Waals surface area (Å²) >= 11 is 0. The monoisotopic (exact) mass is 1170 g/mol. The van der Waals surface area contributed by atoms with Gasteiger partial charge in [0, 0.05) is 6.42 Å². The van der Waals surface area contributed by atoms with E-state index >= 15 is 0 Å². The van der Waals surface area contributed by atoms with E-state index in [0.717, 1.165) is 70.6 Å². The molecule has 82 heavy (non-hydrogen) atoms. The summed E-state index contributed by atoms with van der Waals surface area (Å²) in [4.78, 5) is 23.5. The lowest BCUT2D eigenvalue weighted by Gasteiger charge is -2.26. The van der Waals surface area contributed by atoms with Gasteiger partial charge >= 0.3 is 7.82 Å². The number of aliphatic hydroxyl groups is 1. The van der Waals surface area contributed by atoms with Gasteiger partial charge in [-0.15, -0.1) is 0 Å². The normalized spacial score (nSPS) is 14.0. The molecule has 0 saturated heterocycles. The highest BCUT2D eigenvalue weighted by Crippen LogP contribution is 2.43. The Morgan fingerprint density at radius 2 is 0.732 bits per heavy atom. The van der Waals surface area contributed by atoms with E-state index in [9.17, 15) is 19.4 Å². The highest BCUT2D eigenvalue weighted by molar-refractivity contribution is 7.47. The van der Waals surface area contributed by atoms with Crippen molar-refractivity contribution in [3.63, 3.8) is 0 Å². The number of allylic oxidation sites excluding steroid dienone is 10. The number of likely N-dealkylation sites (N-methyl/N-ethyl adjacent to an activating group) is 1. The van der Waals surface area contributed by atoms with Crippen LogP contribution in [-0.2, 0) is 18.4 Å². The molecule has 0 aliphatic heterocycles. The fourth-order valence-electron chi connectivity index (χ4n) is 10.8. The quantitative estimate of drug-likeness (QED) is 0.0243. The van der Waals surface area contributed by atoms with Crippen LogP contribution in [0.4, 0.5) is 0 Å².